The van der Waals surface area contributed by atoms with E-state index in [1.165, 1.54) is 0 Å². The Morgan fingerprint density at radius 3 is 2.25 bits per heavy atom. The molecule has 0 atom stereocenters. The molecule has 0 saturated carbocycles. The standard InChI is InChI=1S/C14H13NO/c1-16-14-9-7-12(8-10-14)11-15-13-5-3-2-4-6-13/h2-11H,1H3/b15-11+. The van der Waals surface area contributed by atoms with Crippen molar-refractivity contribution >= 4 is 11.9 Å². The van der Waals surface area contributed by atoms with Crippen LogP contribution in [0.15, 0.2) is 59.6 Å². The highest BCUT2D eigenvalue weighted by atomic mass is 16.5. The largest absolute Gasteiger partial charge is 0.497 e. The van der Waals surface area contributed by atoms with Gasteiger partial charge in [-0.15, -0.1) is 0 Å². The van der Waals surface area contributed by atoms with Crippen molar-refractivity contribution in [3.63, 3.8) is 0 Å². The topological polar surface area (TPSA) is 21.6 Å². The molecule has 0 amide bonds. The molecule has 2 aromatic carbocycles. The van der Waals surface area contributed by atoms with Gasteiger partial charge in [-0.3, -0.25) is 4.99 Å². The summed E-state index contributed by atoms with van der Waals surface area (Å²) in [5.41, 5.74) is 2.02. The summed E-state index contributed by atoms with van der Waals surface area (Å²) in [6.07, 6.45) is 1.84. The maximum absolute atomic E-state index is 5.09. The van der Waals surface area contributed by atoms with Gasteiger partial charge in [0.25, 0.3) is 0 Å². The lowest BCUT2D eigenvalue weighted by atomic mass is 10.2. The molecule has 2 rings (SSSR count). The van der Waals surface area contributed by atoms with E-state index < -0.39 is 0 Å². The van der Waals surface area contributed by atoms with Crippen molar-refractivity contribution in [3.05, 3.63) is 60.2 Å². The molecule has 0 aliphatic heterocycles. The Labute approximate surface area is 95.2 Å². The first-order chi connectivity index (χ1) is 7.88. The predicted octanol–water partition coefficient (Wildman–Crippen LogP) is 3.45. The summed E-state index contributed by atoms with van der Waals surface area (Å²) >= 11 is 0. The van der Waals surface area contributed by atoms with Crippen LogP contribution < -0.4 is 4.74 Å². The third-order valence-electron chi connectivity index (χ3n) is 2.23. The zero-order chi connectivity index (χ0) is 11.2. The van der Waals surface area contributed by atoms with Gasteiger partial charge in [-0.05, 0) is 42.0 Å². The molecular formula is C14H13NO. The number of benzene rings is 2. The van der Waals surface area contributed by atoms with Gasteiger partial charge in [-0.2, -0.15) is 0 Å². The van der Waals surface area contributed by atoms with Crippen LogP contribution in [0, 0.1) is 0 Å². The van der Waals surface area contributed by atoms with E-state index in [9.17, 15) is 0 Å². The van der Waals surface area contributed by atoms with E-state index in [4.69, 9.17) is 4.74 Å². The van der Waals surface area contributed by atoms with E-state index in [1.54, 1.807) is 7.11 Å². The number of methoxy groups -OCH3 is 1. The number of rotatable bonds is 3. The Morgan fingerprint density at radius 1 is 0.938 bits per heavy atom. The zero-order valence-electron chi connectivity index (χ0n) is 9.13. The minimum Gasteiger partial charge on any atom is -0.497 e. The summed E-state index contributed by atoms with van der Waals surface area (Å²) in [6, 6.07) is 17.7. The smallest absolute Gasteiger partial charge is 0.118 e. The molecule has 0 N–H and O–H groups in total. The number of nitrogens with zero attached hydrogens (tertiary/aromatic N) is 1. The normalized spacial score (nSPS) is 10.6. The van der Waals surface area contributed by atoms with Crippen LogP contribution in [-0.4, -0.2) is 13.3 Å². The molecule has 2 aromatic rings. The third-order valence-corrected chi connectivity index (χ3v) is 2.23. The fourth-order valence-electron chi connectivity index (χ4n) is 1.35. The number of aliphatic imine (C=N–C) groups is 1. The van der Waals surface area contributed by atoms with E-state index >= 15 is 0 Å². The molecular weight excluding hydrogens is 198 g/mol. The molecule has 16 heavy (non-hydrogen) atoms. The van der Waals surface area contributed by atoms with Gasteiger partial charge in [0.05, 0.1) is 12.8 Å². The monoisotopic (exact) mass is 211 g/mol. The van der Waals surface area contributed by atoms with Gasteiger partial charge in [0.1, 0.15) is 5.75 Å². The van der Waals surface area contributed by atoms with E-state index in [2.05, 4.69) is 4.99 Å². The SMILES string of the molecule is COc1ccc(/C=N/c2ccccc2)cc1. The Balaban J connectivity index is 2.12. The van der Waals surface area contributed by atoms with Crippen LogP contribution in [-0.2, 0) is 0 Å². The molecule has 0 heterocycles. The Hall–Kier alpha value is -2.09. The molecule has 0 saturated heterocycles. The molecule has 80 valence electrons. The quantitative estimate of drug-likeness (QED) is 0.712. The summed E-state index contributed by atoms with van der Waals surface area (Å²) < 4.78 is 5.09. The highest BCUT2D eigenvalue weighted by Crippen LogP contribution is 2.12. The van der Waals surface area contributed by atoms with Crippen molar-refractivity contribution in [2.24, 2.45) is 4.99 Å². The lowest BCUT2D eigenvalue weighted by Crippen LogP contribution is -1.84. The molecule has 0 unspecified atom stereocenters. The molecule has 0 aromatic heterocycles. The maximum Gasteiger partial charge on any atom is 0.118 e. The Morgan fingerprint density at radius 2 is 1.62 bits per heavy atom. The number of para-hydroxylation sites is 1. The average Bonchev–Trinajstić information content (AvgIpc) is 2.38. The highest BCUT2D eigenvalue weighted by molar-refractivity contribution is 5.82. The molecule has 0 bridgehead atoms. The van der Waals surface area contributed by atoms with Crippen LogP contribution in [0.3, 0.4) is 0 Å². The Bertz CT molecular complexity index is 460. The van der Waals surface area contributed by atoms with Crippen molar-refractivity contribution in [2.75, 3.05) is 7.11 Å². The van der Waals surface area contributed by atoms with E-state index in [-0.39, 0.29) is 0 Å². The second kappa shape index (κ2) is 5.12. The zero-order valence-corrected chi connectivity index (χ0v) is 9.13. The summed E-state index contributed by atoms with van der Waals surface area (Å²) in [7, 11) is 1.66. The summed E-state index contributed by atoms with van der Waals surface area (Å²) in [5.74, 6) is 0.858. The van der Waals surface area contributed by atoms with E-state index in [1.807, 2.05) is 60.8 Å². The summed E-state index contributed by atoms with van der Waals surface area (Å²) in [4.78, 5) is 4.37. The van der Waals surface area contributed by atoms with Crippen LogP contribution in [0.5, 0.6) is 5.75 Å². The van der Waals surface area contributed by atoms with Crippen LogP contribution in [0.25, 0.3) is 0 Å². The van der Waals surface area contributed by atoms with Crippen molar-refractivity contribution in [1.29, 1.82) is 0 Å². The minimum atomic E-state index is 0.858. The van der Waals surface area contributed by atoms with Gasteiger partial charge in [-0.25, -0.2) is 0 Å². The van der Waals surface area contributed by atoms with E-state index in [0.717, 1.165) is 17.0 Å². The second-order valence-electron chi connectivity index (χ2n) is 3.37. The van der Waals surface area contributed by atoms with Gasteiger partial charge in [0.15, 0.2) is 0 Å². The number of hydrogen-bond donors (Lipinski definition) is 0. The lowest BCUT2D eigenvalue weighted by Gasteiger charge is -1.98. The molecule has 0 spiro atoms. The van der Waals surface area contributed by atoms with Gasteiger partial charge in [0, 0.05) is 6.21 Å². The van der Waals surface area contributed by atoms with Crippen molar-refractivity contribution in [1.82, 2.24) is 0 Å². The van der Waals surface area contributed by atoms with Gasteiger partial charge in [0.2, 0.25) is 0 Å². The first-order valence-corrected chi connectivity index (χ1v) is 5.11. The fraction of sp³-hybridized carbons (Fsp3) is 0.0714. The summed E-state index contributed by atoms with van der Waals surface area (Å²) in [5, 5.41) is 0. The first kappa shape index (κ1) is 10.4. The molecule has 0 fully saturated rings. The van der Waals surface area contributed by atoms with Crippen LogP contribution in [0.2, 0.25) is 0 Å². The van der Waals surface area contributed by atoms with Crippen LogP contribution in [0.1, 0.15) is 5.56 Å². The number of hydrogen-bond acceptors (Lipinski definition) is 2. The van der Waals surface area contributed by atoms with Gasteiger partial charge < -0.3 is 4.74 Å². The third kappa shape index (κ3) is 2.70. The van der Waals surface area contributed by atoms with Crippen LogP contribution in [0.4, 0.5) is 5.69 Å². The molecule has 0 aliphatic rings. The summed E-state index contributed by atoms with van der Waals surface area (Å²) in [6.45, 7) is 0. The van der Waals surface area contributed by atoms with Gasteiger partial charge >= 0.3 is 0 Å². The molecule has 2 heteroatoms. The predicted molar refractivity (Wildman–Crippen MR) is 66.7 cm³/mol. The van der Waals surface area contributed by atoms with Crippen molar-refractivity contribution < 1.29 is 4.74 Å². The lowest BCUT2D eigenvalue weighted by molar-refractivity contribution is 0.415. The van der Waals surface area contributed by atoms with Crippen LogP contribution >= 0.6 is 0 Å². The van der Waals surface area contributed by atoms with Gasteiger partial charge in [-0.1, -0.05) is 18.2 Å². The molecule has 0 radical (unpaired) electrons. The average molecular weight is 211 g/mol. The number of ether oxygens (including phenoxy) is 1. The second-order valence-corrected chi connectivity index (χ2v) is 3.37. The molecule has 2 nitrogen and oxygen atoms in total. The minimum absolute atomic E-state index is 0.858. The maximum atomic E-state index is 5.09. The highest BCUT2D eigenvalue weighted by Gasteiger charge is 1.90. The van der Waals surface area contributed by atoms with E-state index in [0.29, 0.717) is 0 Å². The Kier molecular flexibility index (Phi) is 3.34. The molecule has 0 aliphatic carbocycles. The van der Waals surface area contributed by atoms with Crippen molar-refractivity contribution in [2.45, 2.75) is 0 Å². The first-order valence-electron chi connectivity index (χ1n) is 5.11. The fourth-order valence-corrected chi connectivity index (χ4v) is 1.35. The van der Waals surface area contributed by atoms with Crippen molar-refractivity contribution in [3.8, 4) is 5.75 Å².